The fourth-order valence-corrected chi connectivity index (χ4v) is 1.90. The zero-order chi connectivity index (χ0) is 11.6. The molecule has 0 saturated carbocycles. The minimum atomic E-state index is -0.608. The van der Waals surface area contributed by atoms with E-state index in [0.29, 0.717) is 10.0 Å². The van der Waals surface area contributed by atoms with Crippen LogP contribution in [-0.2, 0) is 0 Å². The van der Waals surface area contributed by atoms with Crippen LogP contribution in [0.2, 0.25) is 10.0 Å². The second-order valence-corrected chi connectivity index (χ2v) is 4.77. The Balaban J connectivity index is 0.00000225. The van der Waals surface area contributed by atoms with Crippen molar-refractivity contribution in [3.63, 3.8) is 0 Å². The predicted octanol–water partition coefficient (Wildman–Crippen LogP) is 3.43. The Hall–Kier alpha value is 0.01000. The molecular formula is C11H16Cl3NO. The quantitative estimate of drug-likeness (QED) is 0.893. The lowest BCUT2D eigenvalue weighted by atomic mass is 9.94. The van der Waals surface area contributed by atoms with Gasteiger partial charge < -0.3 is 10.8 Å². The van der Waals surface area contributed by atoms with Crippen LogP contribution in [0.1, 0.15) is 25.5 Å². The molecule has 1 aromatic rings. The molecule has 0 aliphatic heterocycles. The van der Waals surface area contributed by atoms with Gasteiger partial charge >= 0.3 is 0 Å². The van der Waals surface area contributed by atoms with E-state index in [9.17, 15) is 5.11 Å². The number of nitrogens with two attached hydrogens (primary N) is 1. The molecule has 0 unspecified atom stereocenters. The van der Waals surface area contributed by atoms with Gasteiger partial charge in [0.2, 0.25) is 0 Å². The van der Waals surface area contributed by atoms with Crippen LogP contribution in [0.4, 0.5) is 0 Å². The van der Waals surface area contributed by atoms with Crippen molar-refractivity contribution in [2.75, 3.05) is 0 Å². The molecule has 0 fully saturated rings. The minimum Gasteiger partial charge on any atom is -0.391 e. The third-order valence-electron chi connectivity index (χ3n) is 2.37. The van der Waals surface area contributed by atoms with Crippen LogP contribution in [0.25, 0.3) is 0 Å². The first kappa shape index (κ1) is 16.0. The molecule has 2 atom stereocenters. The summed E-state index contributed by atoms with van der Waals surface area (Å²) in [6.07, 6.45) is -0.608. The first-order valence-electron chi connectivity index (χ1n) is 4.82. The molecule has 0 saturated heterocycles. The van der Waals surface area contributed by atoms with E-state index in [1.165, 1.54) is 0 Å². The highest BCUT2D eigenvalue weighted by Gasteiger charge is 2.21. The van der Waals surface area contributed by atoms with Crippen molar-refractivity contribution >= 4 is 35.6 Å². The molecule has 0 bridgehead atoms. The molecule has 16 heavy (non-hydrogen) atoms. The van der Waals surface area contributed by atoms with Crippen molar-refractivity contribution in [1.29, 1.82) is 0 Å². The predicted molar refractivity (Wildman–Crippen MR) is 71.5 cm³/mol. The third kappa shape index (κ3) is 3.79. The molecule has 1 rings (SSSR count). The largest absolute Gasteiger partial charge is 0.391 e. The van der Waals surface area contributed by atoms with Gasteiger partial charge in [-0.25, -0.2) is 0 Å². The zero-order valence-corrected chi connectivity index (χ0v) is 11.5. The van der Waals surface area contributed by atoms with Crippen LogP contribution in [-0.4, -0.2) is 11.2 Å². The van der Waals surface area contributed by atoms with Gasteiger partial charge in [0.1, 0.15) is 0 Å². The molecule has 1 aromatic carbocycles. The third-order valence-corrected chi connectivity index (χ3v) is 2.94. The topological polar surface area (TPSA) is 46.2 Å². The summed E-state index contributed by atoms with van der Waals surface area (Å²) < 4.78 is 0. The minimum absolute atomic E-state index is 0. The van der Waals surface area contributed by atoms with E-state index in [2.05, 4.69) is 0 Å². The zero-order valence-electron chi connectivity index (χ0n) is 9.15. The maximum Gasteiger partial charge on any atom is 0.0756 e. The fourth-order valence-electron chi connectivity index (χ4n) is 1.37. The summed E-state index contributed by atoms with van der Waals surface area (Å²) in [5.41, 5.74) is 6.64. The summed E-state index contributed by atoms with van der Waals surface area (Å²) in [5.74, 6) is 0.0896. The molecule has 0 aliphatic carbocycles. The lowest BCUT2D eigenvalue weighted by Gasteiger charge is -2.23. The first-order chi connectivity index (χ1) is 6.93. The van der Waals surface area contributed by atoms with Crippen molar-refractivity contribution in [2.24, 2.45) is 11.7 Å². The van der Waals surface area contributed by atoms with Crippen LogP contribution in [0.15, 0.2) is 18.2 Å². The average Bonchev–Trinajstić information content (AvgIpc) is 2.15. The van der Waals surface area contributed by atoms with Crippen LogP contribution in [0.5, 0.6) is 0 Å². The van der Waals surface area contributed by atoms with Gasteiger partial charge in [0.15, 0.2) is 0 Å². The van der Waals surface area contributed by atoms with Crippen molar-refractivity contribution in [2.45, 2.75) is 26.0 Å². The molecule has 0 spiro atoms. The average molecular weight is 285 g/mol. The number of rotatable bonds is 3. The number of hydrogen-bond acceptors (Lipinski definition) is 2. The molecule has 0 heterocycles. The number of halogens is 3. The Bertz CT molecular complexity index is 344. The van der Waals surface area contributed by atoms with Gasteiger partial charge in [-0.3, -0.25) is 0 Å². The number of aliphatic hydroxyl groups excluding tert-OH is 1. The molecule has 0 aliphatic rings. The maximum absolute atomic E-state index is 9.83. The second-order valence-electron chi connectivity index (χ2n) is 3.93. The molecule has 5 heteroatoms. The number of hydrogen-bond donors (Lipinski definition) is 2. The van der Waals surface area contributed by atoms with Crippen LogP contribution < -0.4 is 5.73 Å². The van der Waals surface area contributed by atoms with E-state index in [0.717, 1.165) is 5.56 Å². The second kappa shape index (κ2) is 6.67. The van der Waals surface area contributed by atoms with Crippen molar-refractivity contribution in [3.05, 3.63) is 33.8 Å². The first-order valence-corrected chi connectivity index (χ1v) is 5.57. The number of aliphatic hydroxyl groups is 1. The summed E-state index contributed by atoms with van der Waals surface area (Å²) in [7, 11) is 0. The lowest BCUT2D eigenvalue weighted by molar-refractivity contribution is 0.0980. The molecule has 0 amide bonds. The SMILES string of the molecule is CC(C)[C@@H](O)[C@@H](N)c1ccc(Cl)cc1Cl.Cl. The molecule has 92 valence electrons. The van der Waals surface area contributed by atoms with Gasteiger partial charge in [-0.2, -0.15) is 0 Å². The Labute approximate surface area is 112 Å². The van der Waals surface area contributed by atoms with Crippen LogP contribution in [0.3, 0.4) is 0 Å². The Morgan fingerprint density at radius 2 is 1.81 bits per heavy atom. The Morgan fingerprint density at radius 1 is 1.25 bits per heavy atom. The number of benzene rings is 1. The van der Waals surface area contributed by atoms with E-state index in [1.54, 1.807) is 18.2 Å². The summed E-state index contributed by atoms with van der Waals surface area (Å²) in [6, 6.07) is 4.62. The molecular weight excluding hydrogens is 268 g/mol. The van der Waals surface area contributed by atoms with Gasteiger partial charge in [-0.05, 0) is 23.6 Å². The standard InChI is InChI=1S/C11H15Cl2NO.ClH/c1-6(2)11(15)10(14)8-4-3-7(12)5-9(8)13;/h3-6,10-11,15H,14H2,1-2H3;1H/t10-,11+;/m0./s1. The Kier molecular flexibility index (Phi) is 6.68. The van der Waals surface area contributed by atoms with E-state index in [1.807, 2.05) is 13.8 Å². The van der Waals surface area contributed by atoms with Crippen molar-refractivity contribution in [3.8, 4) is 0 Å². The normalized spacial score (nSPS) is 14.4. The molecule has 2 nitrogen and oxygen atoms in total. The van der Waals surface area contributed by atoms with Crippen molar-refractivity contribution < 1.29 is 5.11 Å². The van der Waals surface area contributed by atoms with E-state index >= 15 is 0 Å². The van der Waals surface area contributed by atoms with Gasteiger partial charge in [-0.15, -0.1) is 12.4 Å². The molecule has 0 aromatic heterocycles. The summed E-state index contributed by atoms with van der Waals surface area (Å²) in [4.78, 5) is 0. The Morgan fingerprint density at radius 3 is 2.25 bits per heavy atom. The summed E-state index contributed by atoms with van der Waals surface area (Å²) in [5, 5.41) is 10.9. The smallest absolute Gasteiger partial charge is 0.0756 e. The molecule has 0 radical (unpaired) electrons. The monoisotopic (exact) mass is 283 g/mol. The summed E-state index contributed by atoms with van der Waals surface area (Å²) >= 11 is 11.8. The van der Waals surface area contributed by atoms with Gasteiger partial charge in [0.05, 0.1) is 12.1 Å². The highest BCUT2D eigenvalue weighted by Crippen LogP contribution is 2.28. The van der Waals surface area contributed by atoms with Crippen LogP contribution in [0, 0.1) is 5.92 Å². The fraction of sp³-hybridized carbons (Fsp3) is 0.455. The molecule has 3 N–H and O–H groups in total. The van der Waals surface area contributed by atoms with E-state index < -0.39 is 12.1 Å². The highest BCUT2D eigenvalue weighted by molar-refractivity contribution is 6.35. The summed E-state index contributed by atoms with van der Waals surface area (Å²) in [6.45, 7) is 3.82. The lowest BCUT2D eigenvalue weighted by Crippen LogP contribution is -2.30. The highest BCUT2D eigenvalue weighted by atomic mass is 35.5. The maximum atomic E-state index is 9.83. The van der Waals surface area contributed by atoms with E-state index in [-0.39, 0.29) is 18.3 Å². The van der Waals surface area contributed by atoms with E-state index in [4.69, 9.17) is 28.9 Å². The van der Waals surface area contributed by atoms with Crippen molar-refractivity contribution in [1.82, 2.24) is 0 Å². The van der Waals surface area contributed by atoms with Crippen LogP contribution >= 0.6 is 35.6 Å². The van der Waals surface area contributed by atoms with Gasteiger partial charge in [0.25, 0.3) is 0 Å². The van der Waals surface area contributed by atoms with Gasteiger partial charge in [-0.1, -0.05) is 43.1 Å². The van der Waals surface area contributed by atoms with Gasteiger partial charge in [0, 0.05) is 10.0 Å².